The zero-order chi connectivity index (χ0) is 15.7. The molecular formula is C14H15ClF2N2O2. The van der Waals surface area contributed by atoms with Gasteiger partial charge < -0.3 is 10.6 Å². The Hall–Kier alpha value is -1.69. The van der Waals surface area contributed by atoms with Crippen molar-refractivity contribution < 1.29 is 18.4 Å². The zero-order valence-corrected chi connectivity index (χ0v) is 12.2. The minimum atomic E-state index is -1.14. The number of carbonyl (C=O) groups excluding carboxylic acids is 2. The van der Waals surface area contributed by atoms with E-state index in [1.54, 1.807) is 0 Å². The Morgan fingerprint density at radius 2 is 1.90 bits per heavy atom. The standard InChI is InChI=1S/C14H15ClF2N2O2/c1-7-2-3-8(13(18)20)6-19(7)14(21)9-4-11(16)12(17)5-10(9)15/h4-5,7-8H,2-3,6H2,1H3,(H2,18,20)/t7-,8+/m0/s1. The van der Waals surface area contributed by atoms with Gasteiger partial charge in [0.1, 0.15) is 0 Å². The number of likely N-dealkylation sites (tertiary alicyclic amines) is 1. The van der Waals surface area contributed by atoms with Crippen molar-refractivity contribution >= 4 is 23.4 Å². The van der Waals surface area contributed by atoms with Gasteiger partial charge in [0.2, 0.25) is 5.91 Å². The summed E-state index contributed by atoms with van der Waals surface area (Å²) >= 11 is 5.82. The Morgan fingerprint density at radius 1 is 1.29 bits per heavy atom. The van der Waals surface area contributed by atoms with Crippen LogP contribution < -0.4 is 5.73 Å². The summed E-state index contributed by atoms with van der Waals surface area (Å²) in [7, 11) is 0. The van der Waals surface area contributed by atoms with E-state index in [1.807, 2.05) is 6.92 Å². The number of benzene rings is 1. The highest BCUT2D eigenvalue weighted by molar-refractivity contribution is 6.33. The normalized spacial score (nSPS) is 22.2. The molecule has 1 saturated heterocycles. The molecule has 0 radical (unpaired) electrons. The second kappa shape index (κ2) is 5.97. The molecule has 0 spiro atoms. The molecule has 1 fully saturated rings. The number of carbonyl (C=O) groups is 2. The van der Waals surface area contributed by atoms with Gasteiger partial charge in [-0.25, -0.2) is 8.78 Å². The van der Waals surface area contributed by atoms with Crippen molar-refractivity contribution in [2.45, 2.75) is 25.8 Å². The van der Waals surface area contributed by atoms with Crippen LogP contribution in [0.4, 0.5) is 8.78 Å². The molecule has 21 heavy (non-hydrogen) atoms. The molecule has 1 aromatic rings. The summed E-state index contributed by atoms with van der Waals surface area (Å²) in [6.45, 7) is 1.98. The van der Waals surface area contributed by atoms with Crippen LogP contribution in [0.25, 0.3) is 0 Å². The summed E-state index contributed by atoms with van der Waals surface area (Å²) in [4.78, 5) is 25.2. The third-order valence-corrected chi connectivity index (χ3v) is 4.10. The minimum Gasteiger partial charge on any atom is -0.369 e. The first-order chi connectivity index (χ1) is 9.81. The largest absolute Gasteiger partial charge is 0.369 e. The lowest BCUT2D eigenvalue weighted by atomic mass is 9.92. The van der Waals surface area contributed by atoms with Crippen LogP contribution in [0.5, 0.6) is 0 Å². The maximum Gasteiger partial charge on any atom is 0.255 e. The lowest BCUT2D eigenvalue weighted by Gasteiger charge is -2.37. The molecule has 1 aliphatic heterocycles. The number of hydrogen-bond acceptors (Lipinski definition) is 2. The molecule has 2 atom stereocenters. The van der Waals surface area contributed by atoms with Crippen LogP contribution >= 0.6 is 11.6 Å². The third-order valence-electron chi connectivity index (χ3n) is 3.79. The van der Waals surface area contributed by atoms with Gasteiger partial charge in [-0.15, -0.1) is 0 Å². The highest BCUT2D eigenvalue weighted by Gasteiger charge is 2.33. The molecule has 114 valence electrons. The highest BCUT2D eigenvalue weighted by Crippen LogP contribution is 2.27. The first-order valence-electron chi connectivity index (χ1n) is 6.56. The quantitative estimate of drug-likeness (QED) is 0.851. The number of piperidine rings is 1. The van der Waals surface area contributed by atoms with Gasteiger partial charge in [0.15, 0.2) is 11.6 Å². The number of halogens is 3. The average Bonchev–Trinajstić information content (AvgIpc) is 2.42. The van der Waals surface area contributed by atoms with Crippen LogP contribution in [0, 0.1) is 17.6 Å². The average molecular weight is 317 g/mol. The molecule has 0 bridgehead atoms. The molecule has 2 N–H and O–H groups in total. The maximum absolute atomic E-state index is 13.3. The SMILES string of the molecule is C[C@H]1CC[C@@H](C(N)=O)CN1C(=O)c1cc(F)c(F)cc1Cl. The van der Waals surface area contributed by atoms with Crippen molar-refractivity contribution in [1.82, 2.24) is 4.90 Å². The topological polar surface area (TPSA) is 63.4 Å². The molecule has 2 rings (SSSR count). The summed E-state index contributed by atoms with van der Waals surface area (Å²) in [6, 6.07) is 1.42. The monoisotopic (exact) mass is 316 g/mol. The number of nitrogens with zero attached hydrogens (tertiary/aromatic N) is 1. The molecule has 1 aliphatic rings. The predicted octanol–water partition coefficient (Wildman–Crippen LogP) is 2.34. The van der Waals surface area contributed by atoms with E-state index in [0.717, 1.165) is 12.1 Å². The lowest BCUT2D eigenvalue weighted by Crippen LogP contribution is -2.48. The van der Waals surface area contributed by atoms with E-state index < -0.39 is 29.4 Å². The Labute approximate surface area is 125 Å². The van der Waals surface area contributed by atoms with Crippen molar-refractivity contribution in [3.05, 3.63) is 34.4 Å². The second-order valence-corrected chi connectivity index (χ2v) is 5.64. The van der Waals surface area contributed by atoms with Gasteiger partial charge in [-0.05, 0) is 31.9 Å². The number of nitrogens with two attached hydrogens (primary N) is 1. The van der Waals surface area contributed by atoms with Crippen LogP contribution in [0.2, 0.25) is 5.02 Å². The predicted molar refractivity (Wildman–Crippen MR) is 73.8 cm³/mol. The van der Waals surface area contributed by atoms with Gasteiger partial charge in [-0.3, -0.25) is 9.59 Å². The van der Waals surface area contributed by atoms with E-state index >= 15 is 0 Å². The van der Waals surface area contributed by atoms with E-state index in [9.17, 15) is 18.4 Å². The number of hydrogen-bond donors (Lipinski definition) is 1. The van der Waals surface area contributed by atoms with E-state index in [1.165, 1.54) is 4.90 Å². The van der Waals surface area contributed by atoms with Gasteiger partial charge in [-0.2, -0.15) is 0 Å². The Kier molecular flexibility index (Phi) is 4.46. The number of primary amides is 1. The molecule has 1 aromatic carbocycles. The number of amides is 2. The van der Waals surface area contributed by atoms with Gasteiger partial charge in [0, 0.05) is 12.6 Å². The van der Waals surface area contributed by atoms with E-state index in [-0.39, 0.29) is 23.2 Å². The summed E-state index contributed by atoms with van der Waals surface area (Å²) in [5.41, 5.74) is 5.16. The van der Waals surface area contributed by atoms with Crippen molar-refractivity contribution in [3.63, 3.8) is 0 Å². The first-order valence-corrected chi connectivity index (χ1v) is 6.94. The van der Waals surface area contributed by atoms with Crippen LogP contribution in [0.1, 0.15) is 30.1 Å². The van der Waals surface area contributed by atoms with E-state index in [2.05, 4.69) is 0 Å². The van der Waals surface area contributed by atoms with Gasteiger partial charge >= 0.3 is 0 Å². The fourth-order valence-corrected chi connectivity index (χ4v) is 2.69. The molecule has 4 nitrogen and oxygen atoms in total. The van der Waals surface area contributed by atoms with Gasteiger partial charge in [0.25, 0.3) is 5.91 Å². The zero-order valence-electron chi connectivity index (χ0n) is 11.4. The Morgan fingerprint density at radius 3 is 2.52 bits per heavy atom. The molecule has 0 aliphatic carbocycles. The molecule has 0 saturated carbocycles. The fraction of sp³-hybridized carbons (Fsp3) is 0.429. The summed E-state index contributed by atoms with van der Waals surface area (Å²) in [6.07, 6.45) is 1.21. The minimum absolute atomic E-state index is 0.118. The second-order valence-electron chi connectivity index (χ2n) is 5.23. The summed E-state index contributed by atoms with van der Waals surface area (Å²) in [5, 5.41) is -0.160. The lowest BCUT2D eigenvalue weighted by molar-refractivity contribution is -0.123. The van der Waals surface area contributed by atoms with Crippen LogP contribution in [-0.2, 0) is 4.79 Å². The summed E-state index contributed by atoms with van der Waals surface area (Å²) in [5.74, 6) is -3.69. The Balaban J connectivity index is 2.30. The van der Waals surface area contributed by atoms with E-state index in [0.29, 0.717) is 12.8 Å². The molecule has 0 unspecified atom stereocenters. The van der Waals surface area contributed by atoms with Crippen molar-refractivity contribution in [2.24, 2.45) is 11.7 Å². The molecule has 7 heteroatoms. The first kappa shape index (κ1) is 15.7. The molecule has 1 heterocycles. The smallest absolute Gasteiger partial charge is 0.255 e. The van der Waals surface area contributed by atoms with Gasteiger partial charge in [-0.1, -0.05) is 11.6 Å². The molecule has 0 aromatic heterocycles. The van der Waals surface area contributed by atoms with Crippen LogP contribution in [-0.4, -0.2) is 29.3 Å². The maximum atomic E-state index is 13.3. The third kappa shape index (κ3) is 3.15. The van der Waals surface area contributed by atoms with Gasteiger partial charge in [0.05, 0.1) is 16.5 Å². The number of rotatable bonds is 2. The molecular weight excluding hydrogens is 302 g/mol. The Bertz CT molecular complexity index is 595. The molecule has 2 amide bonds. The van der Waals surface area contributed by atoms with Crippen LogP contribution in [0.15, 0.2) is 12.1 Å². The van der Waals surface area contributed by atoms with E-state index in [4.69, 9.17) is 17.3 Å². The summed E-state index contributed by atoms with van der Waals surface area (Å²) < 4.78 is 26.4. The van der Waals surface area contributed by atoms with Crippen molar-refractivity contribution in [3.8, 4) is 0 Å². The van der Waals surface area contributed by atoms with Crippen molar-refractivity contribution in [1.29, 1.82) is 0 Å². The fourth-order valence-electron chi connectivity index (χ4n) is 2.46. The van der Waals surface area contributed by atoms with Crippen LogP contribution in [0.3, 0.4) is 0 Å². The highest BCUT2D eigenvalue weighted by atomic mass is 35.5. The van der Waals surface area contributed by atoms with Crippen molar-refractivity contribution in [2.75, 3.05) is 6.54 Å².